The Kier molecular flexibility index (Phi) is 5.28. The maximum atomic E-state index is 12.9. The molecule has 0 saturated heterocycles. The highest BCUT2D eigenvalue weighted by Gasteiger charge is 2.44. The molecule has 1 aromatic heterocycles. The molecule has 0 unspecified atom stereocenters. The normalized spacial score (nSPS) is 23.3. The highest BCUT2D eigenvalue weighted by atomic mass is 32.1. The van der Waals surface area contributed by atoms with E-state index in [0.717, 1.165) is 37.7 Å². The smallest absolute Gasteiger partial charge is 0.251 e. The number of rotatable bonds is 6. The fourth-order valence-electron chi connectivity index (χ4n) is 4.65. The van der Waals surface area contributed by atoms with Gasteiger partial charge in [-0.3, -0.25) is 9.59 Å². The summed E-state index contributed by atoms with van der Waals surface area (Å²) < 4.78 is 0. The third-order valence-electron chi connectivity index (χ3n) is 7.12. The number of nitrogens with one attached hydrogen (secondary N) is 1. The lowest BCUT2D eigenvalue weighted by molar-refractivity contribution is -0.117. The molecule has 1 saturated carbocycles. The molecule has 0 aliphatic heterocycles. The largest absolute Gasteiger partial charge is 0.365 e. The number of amides is 2. The van der Waals surface area contributed by atoms with Gasteiger partial charge in [-0.05, 0) is 54.1 Å². The van der Waals surface area contributed by atoms with Crippen molar-refractivity contribution in [3.05, 3.63) is 51.9 Å². The Morgan fingerprint density at radius 1 is 1.24 bits per heavy atom. The van der Waals surface area contributed by atoms with Crippen LogP contribution in [0.5, 0.6) is 0 Å². The lowest BCUT2D eigenvalue weighted by atomic mass is 9.69. The number of anilines is 1. The molecular weight excluding hydrogens is 380 g/mol. The molecule has 0 radical (unpaired) electrons. The molecule has 1 heterocycles. The Morgan fingerprint density at radius 2 is 1.97 bits per heavy atom. The van der Waals surface area contributed by atoms with Crippen molar-refractivity contribution in [2.24, 2.45) is 23.0 Å². The summed E-state index contributed by atoms with van der Waals surface area (Å²) in [6.07, 6.45) is 4.89. The van der Waals surface area contributed by atoms with E-state index in [1.54, 1.807) is 11.3 Å². The third-order valence-corrected chi connectivity index (χ3v) is 8.29. The van der Waals surface area contributed by atoms with Crippen LogP contribution >= 0.6 is 11.3 Å². The first-order valence-corrected chi connectivity index (χ1v) is 11.4. The van der Waals surface area contributed by atoms with Crippen LogP contribution in [0.1, 0.15) is 72.3 Å². The van der Waals surface area contributed by atoms with Gasteiger partial charge in [0.1, 0.15) is 5.00 Å². The van der Waals surface area contributed by atoms with Gasteiger partial charge < -0.3 is 11.1 Å². The van der Waals surface area contributed by atoms with Crippen molar-refractivity contribution in [1.82, 2.24) is 0 Å². The number of carbonyl (C=O) groups excluding carboxylic acids is 2. The minimum absolute atomic E-state index is 0.00499. The number of nitrogens with two attached hydrogens (primary N) is 1. The number of thiophene rings is 1. The van der Waals surface area contributed by atoms with Gasteiger partial charge >= 0.3 is 0 Å². The lowest BCUT2D eigenvalue weighted by Crippen LogP contribution is -2.29. The average Bonchev–Trinajstić information content (AvgIpc) is 3.43. The first-order valence-electron chi connectivity index (χ1n) is 10.6. The van der Waals surface area contributed by atoms with Gasteiger partial charge in [0.2, 0.25) is 5.91 Å². The van der Waals surface area contributed by atoms with Crippen LogP contribution in [-0.2, 0) is 17.6 Å². The van der Waals surface area contributed by atoms with Crippen molar-refractivity contribution in [1.29, 1.82) is 0 Å². The zero-order valence-corrected chi connectivity index (χ0v) is 18.3. The molecule has 2 aliphatic carbocycles. The summed E-state index contributed by atoms with van der Waals surface area (Å²) in [6.45, 7) is 6.89. The van der Waals surface area contributed by atoms with E-state index < -0.39 is 5.91 Å². The van der Waals surface area contributed by atoms with E-state index in [4.69, 9.17) is 5.73 Å². The summed E-state index contributed by atoms with van der Waals surface area (Å²) in [7, 11) is 0. The molecule has 2 aromatic rings. The first-order chi connectivity index (χ1) is 13.8. The van der Waals surface area contributed by atoms with Gasteiger partial charge in [0.05, 0.1) is 5.56 Å². The van der Waals surface area contributed by atoms with Gasteiger partial charge in [-0.15, -0.1) is 11.3 Å². The van der Waals surface area contributed by atoms with Crippen molar-refractivity contribution in [3.63, 3.8) is 0 Å². The van der Waals surface area contributed by atoms with Crippen LogP contribution in [0.4, 0.5) is 5.00 Å². The number of hydrogen-bond donors (Lipinski definition) is 2. The summed E-state index contributed by atoms with van der Waals surface area (Å²) in [4.78, 5) is 26.3. The van der Waals surface area contributed by atoms with Gasteiger partial charge in [0, 0.05) is 10.8 Å². The standard InChI is InChI=1S/C24H30N2O2S/c1-4-24(2,3)15-10-11-16-19(12-15)29-23(20(16)21(25)27)26-22(28)18-13-17(18)14-8-6-5-7-9-14/h5-9,15,17-18H,4,10-13H2,1-3H3,(H2,25,27)(H,26,28)/t15-,17+,18-/m1/s1. The fraction of sp³-hybridized carbons (Fsp3) is 0.500. The van der Waals surface area contributed by atoms with Crippen molar-refractivity contribution in [2.75, 3.05) is 5.32 Å². The Balaban J connectivity index is 1.53. The van der Waals surface area contributed by atoms with Gasteiger partial charge in [-0.25, -0.2) is 0 Å². The summed E-state index contributed by atoms with van der Waals surface area (Å²) in [5.41, 5.74) is 8.82. The van der Waals surface area contributed by atoms with E-state index in [1.807, 2.05) is 18.2 Å². The SMILES string of the molecule is CCC(C)(C)[C@@H]1CCc2c(sc(NC(=O)[C@@H]3C[C@H]3c3ccccc3)c2C(N)=O)C1. The van der Waals surface area contributed by atoms with Crippen molar-refractivity contribution in [3.8, 4) is 0 Å². The predicted octanol–water partition coefficient (Wildman–Crippen LogP) is 5.13. The zero-order chi connectivity index (χ0) is 20.8. The fourth-order valence-corrected chi connectivity index (χ4v) is 5.98. The van der Waals surface area contributed by atoms with E-state index in [1.165, 1.54) is 10.4 Å². The maximum Gasteiger partial charge on any atom is 0.251 e. The molecule has 4 nitrogen and oxygen atoms in total. The van der Waals surface area contributed by atoms with Crippen LogP contribution in [-0.4, -0.2) is 11.8 Å². The second-order valence-corrected chi connectivity index (χ2v) is 10.3. The molecule has 1 aromatic carbocycles. The highest BCUT2D eigenvalue weighted by molar-refractivity contribution is 7.17. The molecule has 154 valence electrons. The van der Waals surface area contributed by atoms with Crippen molar-refractivity contribution >= 4 is 28.2 Å². The van der Waals surface area contributed by atoms with Crippen molar-refractivity contribution in [2.45, 2.75) is 58.8 Å². The quantitative estimate of drug-likeness (QED) is 0.693. The molecule has 0 spiro atoms. The van der Waals surface area contributed by atoms with Crippen LogP contribution in [0.2, 0.25) is 0 Å². The molecule has 29 heavy (non-hydrogen) atoms. The molecule has 3 atom stereocenters. The predicted molar refractivity (Wildman–Crippen MR) is 118 cm³/mol. The molecule has 2 aliphatic rings. The van der Waals surface area contributed by atoms with Crippen LogP contribution < -0.4 is 11.1 Å². The molecule has 5 heteroatoms. The van der Waals surface area contributed by atoms with E-state index in [2.05, 4.69) is 38.2 Å². The third kappa shape index (κ3) is 3.85. The van der Waals surface area contributed by atoms with Gasteiger partial charge in [0.25, 0.3) is 5.91 Å². The molecule has 3 N–H and O–H groups in total. The molecular formula is C24H30N2O2S. The average molecular weight is 411 g/mol. The topological polar surface area (TPSA) is 72.2 Å². The van der Waals surface area contributed by atoms with Crippen LogP contribution in [0, 0.1) is 17.3 Å². The van der Waals surface area contributed by atoms with Crippen LogP contribution in [0.3, 0.4) is 0 Å². The Morgan fingerprint density at radius 3 is 2.62 bits per heavy atom. The number of fused-ring (bicyclic) bond motifs is 1. The summed E-state index contributed by atoms with van der Waals surface area (Å²) in [5, 5.41) is 3.71. The Labute approximate surface area is 176 Å². The second kappa shape index (κ2) is 7.60. The number of primary amides is 1. The van der Waals surface area contributed by atoms with E-state index in [-0.39, 0.29) is 23.2 Å². The zero-order valence-electron chi connectivity index (χ0n) is 17.5. The molecule has 2 amide bonds. The minimum Gasteiger partial charge on any atom is -0.365 e. The van der Waals surface area contributed by atoms with Gasteiger partial charge in [0.15, 0.2) is 0 Å². The number of benzene rings is 1. The summed E-state index contributed by atoms with van der Waals surface area (Å²) in [5.74, 6) is 0.419. The van der Waals surface area contributed by atoms with Gasteiger partial charge in [-0.1, -0.05) is 57.5 Å². The summed E-state index contributed by atoms with van der Waals surface area (Å²) >= 11 is 1.56. The maximum absolute atomic E-state index is 12.9. The highest BCUT2D eigenvalue weighted by Crippen LogP contribution is 2.49. The molecule has 4 rings (SSSR count). The number of hydrogen-bond acceptors (Lipinski definition) is 3. The second-order valence-electron chi connectivity index (χ2n) is 9.20. The van der Waals surface area contributed by atoms with Crippen LogP contribution in [0.15, 0.2) is 30.3 Å². The summed E-state index contributed by atoms with van der Waals surface area (Å²) in [6, 6.07) is 10.2. The van der Waals surface area contributed by atoms with Crippen LogP contribution in [0.25, 0.3) is 0 Å². The van der Waals surface area contributed by atoms with Crippen molar-refractivity contribution < 1.29 is 9.59 Å². The van der Waals surface area contributed by atoms with Gasteiger partial charge in [-0.2, -0.15) is 0 Å². The Hall–Kier alpha value is -2.14. The number of carbonyl (C=O) groups is 2. The molecule has 0 bridgehead atoms. The molecule has 1 fully saturated rings. The lowest BCUT2D eigenvalue weighted by Gasteiger charge is -2.36. The monoisotopic (exact) mass is 410 g/mol. The minimum atomic E-state index is -0.429. The van der Waals surface area contributed by atoms with E-state index >= 15 is 0 Å². The van der Waals surface area contributed by atoms with E-state index in [9.17, 15) is 9.59 Å². The first kappa shape index (κ1) is 20.1. The Bertz CT molecular complexity index is 932. The van der Waals surface area contributed by atoms with E-state index in [0.29, 0.717) is 16.5 Å².